The minimum absolute atomic E-state index is 0.0132. The molecule has 0 saturated carbocycles. The molecule has 0 unspecified atom stereocenters. The van der Waals surface area contributed by atoms with Gasteiger partial charge in [-0.25, -0.2) is 9.78 Å². The van der Waals surface area contributed by atoms with E-state index >= 15 is 0 Å². The average Bonchev–Trinajstić information content (AvgIpc) is 2.46. The van der Waals surface area contributed by atoms with Gasteiger partial charge in [0.25, 0.3) is 0 Å². The number of pyridine rings is 1. The van der Waals surface area contributed by atoms with Crippen molar-refractivity contribution in [1.82, 2.24) is 4.98 Å². The van der Waals surface area contributed by atoms with Crippen molar-refractivity contribution >= 4 is 17.5 Å². The summed E-state index contributed by atoms with van der Waals surface area (Å²) in [6.45, 7) is 3.94. The zero-order chi connectivity index (χ0) is 16.0. The molecule has 0 N–H and O–H groups in total. The number of methoxy groups -OCH3 is 1. The maximum absolute atomic E-state index is 11.5. The Balaban J connectivity index is 3.35. The summed E-state index contributed by atoms with van der Waals surface area (Å²) >= 11 is 0. The molecule has 0 aliphatic heterocycles. The molecule has 0 radical (unpaired) electrons. The fourth-order valence-electron chi connectivity index (χ4n) is 1.79. The molecule has 1 aromatic rings. The number of carbonyl (C=O) groups is 1. The van der Waals surface area contributed by atoms with Gasteiger partial charge in [-0.1, -0.05) is 0 Å². The van der Waals surface area contributed by atoms with E-state index in [2.05, 4.69) is 9.72 Å². The Kier molecular flexibility index (Phi) is 5.60. The first-order valence-corrected chi connectivity index (χ1v) is 6.29. The van der Waals surface area contributed by atoms with Gasteiger partial charge in [0.1, 0.15) is 0 Å². The SMILES string of the molecule is COC(=O)c1ccc([N+](=O)[O-])c(N(CCC#N)C(C)C)n1. The van der Waals surface area contributed by atoms with Crippen LogP contribution in [0.25, 0.3) is 0 Å². The summed E-state index contributed by atoms with van der Waals surface area (Å²) in [6, 6.07) is 4.34. The van der Waals surface area contributed by atoms with Crippen molar-refractivity contribution in [2.75, 3.05) is 18.6 Å². The van der Waals surface area contributed by atoms with Crippen LogP contribution in [0.2, 0.25) is 0 Å². The van der Waals surface area contributed by atoms with Crippen molar-refractivity contribution in [2.24, 2.45) is 0 Å². The lowest BCUT2D eigenvalue weighted by molar-refractivity contribution is -0.384. The first kappa shape index (κ1) is 16.4. The quantitative estimate of drug-likeness (QED) is 0.447. The van der Waals surface area contributed by atoms with Crippen LogP contribution in [0.5, 0.6) is 0 Å². The zero-order valence-electron chi connectivity index (χ0n) is 12.1. The third kappa shape index (κ3) is 3.89. The van der Waals surface area contributed by atoms with E-state index in [9.17, 15) is 14.9 Å². The largest absolute Gasteiger partial charge is 0.464 e. The van der Waals surface area contributed by atoms with Crippen molar-refractivity contribution in [3.63, 3.8) is 0 Å². The summed E-state index contributed by atoms with van der Waals surface area (Å²) in [7, 11) is 1.21. The van der Waals surface area contributed by atoms with Gasteiger partial charge in [0.15, 0.2) is 5.69 Å². The lowest BCUT2D eigenvalue weighted by atomic mass is 10.2. The highest BCUT2D eigenvalue weighted by Gasteiger charge is 2.25. The molecule has 1 rings (SSSR count). The van der Waals surface area contributed by atoms with Crippen molar-refractivity contribution < 1.29 is 14.5 Å². The molecular weight excluding hydrogens is 276 g/mol. The number of hydrogen-bond donors (Lipinski definition) is 0. The molecule has 8 heteroatoms. The highest BCUT2D eigenvalue weighted by Crippen LogP contribution is 2.28. The second kappa shape index (κ2) is 7.19. The molecule has 21 heavy (non-hydrogen) atoms. The van der Waals surface area contributed by atoms with Crippen molar-refractivity contribution in [2.45, 2.75) is 26.3 Å². The highest BCUT2D eigenvalue weighted by molar-refractivity contribution is 5.88. The van der Waals surface area contributed by atoms with Crippen LogP contribution in [0.1, 0.15) is 30.8 Å². The van der Waals surface area contributed by atoms with Gasteiger partial charge in [-0.05, 0) is 19.9 Å². The van der Waals surface area contributed by atoms with Crippen LogP contribution in [0, 0.1) is 21.4 Å². The van der Waals surface area contributed by atoms with Gasteiger partial charge in [0.2, 0.25) is 5.82 Å². The third-order valence-corrected chi connectivity index (χ3v) is 2.81. The first-order chi connectivity index (χ1) is 9.92. The molecule has 112 valence electrons. The molecule has 1 aromatic heterocycles. The monoisotopic (exact) mass is 292 g/mol. The van der Waals surface area contributed by atoms with Gasteiger partial charge >= 0.3 is 11.7 Å². The number of esters is 1. The topological polar surface area (TPSA) is 109 Å². The average molecular weight is 292 g/mol. The van der Waals surface area contributed by atoms with Crippen LogP contribution in [-0.2, 0) is 4.74 Å². The Morgan fingerprint density at radius 3 is 2.71 bits per heavy atom. The molecule has 0 atom stereocenters. The van der Waals surface area contributed by atoms with Gasteiger partial charge in [-0.15, -0.1) is 0 Å². The fourth-order valence-corrected chi connectivity index (χ4v) is 1.79. The van der Waals surface area contributed by atoms with Gasteiger partial charge in [0, 0.05) is 18.7 Å². The molecule has 0 amide bonds. The molecule has 0 aliphatic rings. The molecule has 0 aromatic carbocycles. The Morgan fingerprint density at radius 1 is 1.57 bits per heavy atom. The summed E-state index contributed by atoms with van der Waals surface area (Å²) in [4.78, 5) is 27.8. The maximum Gasteiger partial charge on any atom is 0.356 e. The Labute approximate surface area is 122 Å². The van der Waals surface area contributed by atoms with Crippen LogP contribution in [0.4, 0.5) is 11.5 Å². The Bertz CT molecular complexity index is 580. The highest BCUT2D eigenvalue weighted by atomic mass is 16.6. The van der Waals surface area contributed by atoms with E-state index in [4.69, 9.17) is 5.26 Å². The summed E-state index contributed by atoms with van der Waals surface area (Å²) in [5.41, 5.74) is -0.227. The number of nitriles is 1. The van der Waals surface area contributed by atoms with E-state index in [1.165, 1.54) is 19.2 Å². The van der Waals surface area contributed by atoms with Gasteiger partial charge in [0.05, 0.1) is 24.5 Å². The second-order valence-corrected chi connectivity index (χ2v) is 4.48. The van der Waals surface area contributed by atoms with Crippen molar-refractivity contribution in [3.05, 3.63) is 27.9 Å². The third-order valence-electron chi connectivity index (χ3n) is 2.81. The fraction of sp³-hybridized carbons (Fsp3) is 0.462. The summed E-state index contributed by atoms with van der Waals surface area (Å²) in [5, 5.41) is 19.8. The molecule has 0 bridgehead atoms. The molecule has 0 spiro atoms. The van der Waals surface area contributed by atoms with Gasteiger partial charge in [-0.2, -0.15) is 5.26 Å². The first-order valence-electron chi connectivity index (χ1n) is 6.29. The molecule has 0 aliphatic carbocycles. The van der Waals surface area contributed by atoms with E-state index in [1.54, 1.807) is 4.90 Å². The van der Waals surface area contributed by atoms with Gasteiger partial charge < -0.3 is 9.64 Å². The van der Waals surface area contributed by atoms with E-state index in [1.807, 2.05) is 19.9 Å². The Morgan fingerprint density at radius 2 is 2.24 bits per heavy atom. The van der Waals surface area contributed by atoms with E-state index < -0.39 is 10.9 Å². The summed E-state index contributed by atoms with van der Waals surface area (Å²) in [6.07, 6.45) is 0.194. The van der Waals surface area contributed by atoms with Crippen molar-refractivity contribution in [1.29, 1.82) is 5.26 Å². The lowest BCUT2D eigenvalue weighted by Crippen LogP contribution is -2.33. The predicted molar refractivity (Wildman–Crippen MR) is 74.9 cm³/mol. The van der Waals surface area contributed by atoms with Gasteiger partial charge in [-0.3, -0.25) is 10.1 Å². The van der Waals surface area contributed by atoms with E-state index in [-0.39, 0.29) is 36.2 Å². The number of anilines is 1. The molecule has 0 fully saturated rings. The number of rotatable bonds is 6. The number of ether oxygens (including phenoxy) is 1. The van der Waals surface area contributed by atoms with Crippen LogP contribution in [-0.4, -0.2) is 35.6 Å². The lowest BCUT2D eigenvalue weighted by Gasteiger charge is -2.26. The van der Waals surface area contributed by atoms with E-state index in [0.717, 1.165) is 0 Å². The number of nitro groups is 1. The Hall–Kier alpha value is -2.69. The smallest absolute Gasteiger partial charge is 0.356 e. The molecule has 1 heterocycles. The van der Waals surface area contributed by atoms with Crippen LogP contribution < -0.4 is 4.90 Å². The number of carbonyl (C=O) groups excluding carboxylic acids is 1. The molecule has 0 saturated heterocycles. The second-order valence-electron chi connectivity index (χ2n) is 4.48. The van der Waals surface area contributed by atoms with Crippen molar-refractivity contribution in [3.8, 4) is 6.07 Å². The normalized spacial score (nSPS) is 10.0. The molecule has 8 nitrogen and oxygen atoms in total. The summed E-state index contributed by atoms with van der Waals surface area (Å²) in [5.74, 6) is -0.608. The van der Waals surface area contributed by atoms with E-state index in [0.29, 0.717) is 0 Å². The maximum atomic E-state index is 11.5. The molecular formula is C13H16N4O4. The zero-order valence-corrected chi connectivity index (χ0v) is 12.1. The van der Waals surface area contributed by atoms with Crippen LogP contribution in [0.3, 0.4) is 0 Å². The number of hydrogen-bond acceptors (Lipinski definition) is 7. The number of aromatic nitrogens is 1. The standard InChI is InChI=1S/C13H16N4O4/c1-9(2)16(8-4-7-14)12-11(17(19)20)6-5-10(15-12)13(18)21-3/h5-6,9H,4,8H2,1-3H3. The minimum atomic E-state index is -0.671. The summed E-state index contributed by atoms with van der Waals surface area (Å²) < 4.78 is 4.57. The predicted octanol–water partition coefficient (Wildman–Crippen LogP) is 1.90. The minimum Gasteiger partial charge on any atom is -0.464 e. The number of nitrogens with zero attached hydrogens (tertiary/aromatic N) is 4. The van der Waals surface area contributed by atoms with Crippen LogP contribution in [0.15, 0.2) is 12.1 Å². The van der Waals surface area contributed by atoms with Crippen LogP contribution >= 0.6 is 0 Å².